The van der Waals surface area contributed by atoms with Crippen LogP contribution in [0.4, 0.5) is 4.39 Å². The maximum absolute atomic E-state index is 14.5. The molecular formula is C23H30FNO2. The Morgan fingerprint density at radius 3 is 2.89 bits per heavy atom. The van der Waals surface area contributed by atoms with E-state index in [1.165, 1.54) is 6.42 Å². The molecule has 0 aromatic heterocycles. The van der Waals surface area contributed by atoms with Gasteiger partial charge in [0.05, 0.1) is 11.0 Å². The molecule has 5 rings (SSSR count). The maximum Gasteiger partial charge on any atom is 0.229 e. The van der Waals surface area contributed by atoms with Gasteiger partial charge in [0.25, 0.3) is 0 Å². The number of aliphatic hydroxyl groups is 1. The lowest BCUT2D eigenvalue weighted by atomic mass is 9.65. The largest absolute Gasteiger partial charge is 0.390 e. The highest BCUT2D eigenvalue weighted by Crippen LogP contribution is 2.61. The second kappa shape index (κ2) is 5.79. The van der Waals surface area contributed by atoms with Gasteiger partial charge in [-0.2, -0.15) is 0 Å². The molecule has 4 fully saturated rings. The lowest BCUT2D eigenvalue weighted by Gasteiger charge is -2.49. The number of hydrogen-bond donors (Lipinski definition) is 1. The van der Waals surface area contributed by atoms with Crippen molar-refractivity contribution in [2.45, 2.75) is 70.4 Å². The van der Waals surface area contributed by atoms with Gasteiger partial charge in [-0.1, -0.05) is 25.1 Å². The van der Waals surface area contributed by atoms with E-state index in [1.54, 1.807) is 13.0 Å². The van der Waals surface area contributed by atoms with Crippen LogP contribution in [0, 0.1) is 35.9 Å². The van der Waals surface area contributed by atoms with Gasteiger partial charge in [0.2, 0.25) is 5.91 Å². The van der Waals surface area contributed by atoms with E-state index in [0.29, 0.717) is 35.3 Å². The molecule has 1 saturated heterocycles. The number of carbonyl (C=O) groups is 1. The van der Waals surface area contributed by atoms with Gasteiger partial charge in [0.15, 0.2) is 0 Å². The molecule has 4 heteroatoms. The van der Waals surface area contributed by atoms with Crippen LogP contribution >= 0.6 is 0 Å². The SMILES string of the molecule is Cc1cccc(CC2(C)CCN(C3CC[C@]4(O)CC5CC4[C@H]3C5)C2=O)c1F. The lowest BCUT2D eigenvalue weighted by Crippen LogP contribution is -2.55. The van der Waals surface area contributed by atoms with E-state index in [0.717, 1.165) is 38.6 Å². The first-order chi connectivity index (χ1) is 12.8. The summed E-state index contributed by atoms with van der Waals surface area (Å²) in [5.41, 5.74) is 0.332. The summed E-state index contributed by atoms with van der Waals surface area (Å²) in [5, 5.41) is 10.9. The number of halogens is 1. The number of carbonyl (C=O) groups excluding carboxylic acids is 1. The minimum absolute atomic E-state index is 0.166. The summed E-state index contributed by atoms with van der Waals surface area (Å²) in [6.45, 7) is 4.57. The molecule has 1 amide bonds. The Kier molecular flexibility index (Phi) is 3.79. The molecule has 3 saturated carbocycles. The molecule has 3 nitrogen and oxygen atoms in total. The molecular weight excluding hydrogens is 341 g/mol. The normalized spacial score (nSPS) is 43.0. The Morgan fingerprint density at radius 2 is 2.11 bits per heavy atom. The number of benzene rings is 1. The molecule has 1 heterocycles. The zero-order valence-corrected chi connectivity index (χ0v) is 16.4. The maximum atomic E-state index is 14.5. The van der Waals surface area contributed by atoms with Crippen LogP contribution in [0.25, 0.3) is 0 Å². The number of likely N-dealkylation sites (tertiary alicyclic amines) is 1. The van der Waals surface area contributed by atoms with Crippen molar-refractivity contribution in [2.24, 2.45) is 23.2 Å². The van der Waals surface area contributed by atoms with Crippen LogP contribution in [0.5, 0.6) is 0 Å². The molecule has 1 aromatic carbocycles. The summed E-state index contributed by atoms with van der Waals surface area (Å²) in [6, 6.07) is 5.76. The smallest absolute Gasteiger partial charge is 0.229 e. The fourth-order valence-corrected chi connectivity index (χ4v) is 6.99. The zero-order chi connectivity index (χ0) is 19.0. The van der Waals surface area contributed by atoms with E-state index in [9.17, 15) is 14.3 Å². The fraction of sp³-hybridized carbons (Fsp3) is 0.696. The molecule has 0 spiro atoms. The van der Waals surface area contributed by atoms with Crippen molar-refractivity contribution in [3.05, 3.63) is 35.1 Å². The Labute approximate surface area is 160 Å². The van der Waals surface area contributed by atoms with Crippen molar-refractivity contribution in [3.8, 4) is 0 Å². The van der Waals surface area contributed by atoms with Gasteiger partial charge in [-0.05, 0) is 80.8 Å². The van der Waals surface area contributed by atoms with Crippen LogP contribution in [0.3, 0.4) is 0 Å². The van der Waals surface area contributed by atoms with Crippen molar-refractivity contribution in [1.82, 2.24) is 4.90 Å². The Hall–Kier alpha value is -1.42. The molecule has 1 aromatic rings. The molecule has 3 aliphatic carbocycles. The predicted molar refractivity (Wildman–Crippen MR) is 102 cm³/mol. The number of aryl methyl sites for hydroxylation is 1. The van der Waals surface area contributed by atoms with Crippen molar-refractivity contribution in [1.29, 1.82) is 0 Å². The number of rotatable bonds is 3. The first kappa shape index (κ1) is 17.7. The van der Waals surface area contributed by atoms with Gasteiger partial charge in [0.1, 0.15) is 5.82 Å². The molecule has 4 unspecified atom stereocenters. The summed E-state index contributed by atoms with van der Waals surface area (Å²) < 4.78 is 14.5. The minimum atomic E-state index is -0.514. The Bertz CT molecular complexity index is 795. The molecule has 146 valence electrons. The van der Waals surface area contributed by atoms with E-state index < -0.39 is 11.0 Å². The monoisotopic (exact) mass is 371 g/mol. The van der Waals surface area contributed by atoms with Gasteiger partial charge in [0, 0.05) is 12.6 Å². The van der Waals surface area contributed by atoms with Gasteiger partial charge < -0.3 is 10.0 Å². The first-order valence-corrected chi connectivity index (χ1v) is 10.6. The van der Waals surface area contributed by atoms with E-state index in [-0.39, 0.29) is 17.8 Å². The second-order valence-corrected chi connectivity index (χ2v) is 10.1. The van der Waals surface area contributed by atoms with E-state index in [2.05, 4.69) is 4.90 Å². The summed E-state index contributed by atoms with van der Waals surface area (Å²) in [4.78, 5) is 15.5. The quantitative estimate of drug-likeness (QED) is 0.877. The van der Waals surface area contributed by atoms with E-state index in [4.69, 9.17) is 0 Å². The number of hydrogen-bond acceptors (Lipinski definition) is 2. The third-order valence-electron chi connectivity index (χ3n) is 8.34. The fourth-order valence-electron chi connectivity index (χ4n) is 6.99. The lowest BCUT2D eigenvalue weighted by molar-refractivity contribution is -0.145. The molecule has 1 N–H and O–H groups in total. The van der Waals surface area contributed by atoms with Gasteiger partial charge in [-0.3, -0.25) is 4.79 Å². The zero-order valence-electron chi connectivity index (χ0n) is 16.4. The third kappa shape index (κ3) is 2.52. The van der Waals surface area contributed by atoms with Gasteiger partial charge in [-0.15, -0.1) is 0 Å². The molecule has 4 aliphatic rings. The van der Waals surface area contributed by atoms with Crippen molar-refractivity contribution in [2.75, 3.05) is 6.54 Å². The second-order valence-electron chi connectivity index (χ2n) is 10.1. The van der Waals surface area contributed by atoms with Crippen molar-refractivity contribution < 1.29 is 14.3 Å². The Morgan fingerprint density at radius 1 is 1.30 bits per heavy atom. The van der Waals surface area contributed by atoms with Crippen LogP contribution in [-0.2, 0) is 11.2 Å². The Balaban J connectivity index is 1.36. The molecule has 6 atom stereocenters. The average Bonchev–Trinajstić information content (AvgIpc) is 3.26. The van der Waals surface area contributed by atoms with E-state index >= 15 is 0 Å². The summed E-state index contributed by atoms with van der Waals surface area (Å²) in [5.74, 6) is 1.53. The predicted octanol–water partition coefficient (Wildman–Crippen LogP) is 3.85. The van der Waals surface area contributed by atoms with Crippen LogP contribution < -0.4 is 0 Å². The van der Waals surface area contributed by atoms with Crippen LogP contribution in [-0.4, -0.2) is 34.1 Å². The molecule has 0 radical (unpaired) electrons. The highest BCUT2D eigenvalue weighted by atomic mass is 19.1. The van der Waals surface area contributed by atoms with E-state index in [1.807, 2.05) is 19.1 Å². The third-order valence-corrected chi connectivity index (χ3v) is 8.34. The minimum Gasteiger partial charge on any atom is -0.390 e. The van der Waals surface area contributed by atoms with Gasteiger partial charge >= 0.3 is 0 Å². The summed E-state index contributed by atoms with van der Waals surface area (Å²) >= 11 is 0. The number of amides is 1. The first-order valence-electron chi connectivity index (χ1n) is 10.6. The van der Waals surface area contributed by atoms with Crippen molar-refractivity contribution in [3.63, 3.8) is 0 Å². The summed E-state index contributed by atoms with van der Waals surface area (Å²) in [7, 11) is 0. The average molecular weight is 371 g/mol. The highest BCUT2D eigenvalue weighted by molar-refractivity contribution is 5.85. The van der Waals surface area contributed by atoms with Gasteiger partial charge in [-0.25, -0.2) is 4.39 Å². The van der Waals surface area contributed by atoms with Crippen molar-refractivity contribution >= 4 is 5.91 Å². The molecule has 2 bridgehead atoms. The summed E-state index contributed by atoms with van der Waals surface area (Å²) in [6.07, 6.45) is 6.31. The molecule has 1 aliphatic heterocycles. The number of fused-ring (bicyclic) bond motifs is 1. The highest BCUT2D eigenvalue weighted by Gasteiger charge is 2.61. The van der Waals surface area contributed by atoms with Crippen LogP contribution in [0.2, 0.25) is 0 Å². The topological polar surface area (TPSA) is 40.5 Å². The molecule has 27 heavy (non-hydrogen) atoms. The number of nitrogens with zero attached hydrogens (tertiary/aromatic N) is 1. The van der Waals surface area contributed by atoms with Crippen LogP contribution in [0.15, 0.2) is 18.2 Å². The van der Waals surface area contributed by atoms with Crippen LogP contribution in [0.1, 0.15) is 56.6 Å². The standard InChI is InChI=1S/C23H30FNO2/c1-14-4-3-5-16(20(14)24)13-22(2)8-9-25(21(22)26)19-6-7-23(27)12-15-10-17(19)18(23)11-15/h3-5,15,17-19,27H,6-13H2,1-2H3/t15?,17-,18?,19?,22?,23+/m1/s1.